The molecule has 0 fully saturated rings. The lowest BCUT2D eigenvalue weighted by Crippen LogP contribution is -2.15. The molecule has 3 aromatic rings. The van der Waals surface area contributed by atoms with Gasteiger partial charge in [-0.1, -0.05) is 17.7 Å². The normalized spacial score (nSPS) is 11.1. The molecule has 0 spiro atoms. The van der Waals surface area contributed by atoms with Crippen LogP contribution in [-0.2, 0) is 10.0 Å². The monoisotopic (exact) mass is 444 g/mol. The Hall–Kier alpha value is -3.03. The maximum Gasteiger partial charge on any atom is 0.261 e. The molecule has 0 aromatic heterocycles. The second-order valence-electron chi connectivity index (χ2n) is 6.73. The Morgan fingerprint density at radius 1 is 0.900 bits per heavy atom. The van der Waals surface area contributed by atoms with Gasteiger partial charge in [-0.3, -0.25) is 9.52 Å². The van der Waals surface area contributed by atoms with E-state index in [-0.39, 0.29) is 10.5 Å². The fourth-order valence-corrected chi connectivity index (χ4v) is 4.01. The average Bonchev–Trinajstić information content (AvgIpc) is 2.71. The van der Waals surface area contributed by atoms with Gasteiger partial charge in [-0.25, -0.2) is 8.42 Å². The Morgan fingerprint density at radius 3 is 2.20 bits per heavy atom. The SMILES string of the molecule is COc1ccc(Cl)cc1C(=O)Nc1ccc(S(=O)(=O)Nc2ccc(C)c(C)c2)cc1. The van der Waals surface area contributed by atoms with Crippen molar-refractivity contribution in [3.05, 3.63) is 82.4 Å². The van der Waals surface area contributed by atoms with Gasteiger partial charge in [0.05, 0.1) is 17.6 Å². The molecule has 0 saturated carbocycles. The highest BCUT2D eigenvalue weighted by Gasteiger charge is 2.16. The highest BCUT2D eigenvalue weighted by molar-refractivity contribution is 7.92. The summed E-state index contributed by atoms with van der Waals surface area (Å²) in [4.78, 5) is 12.6. The number of hydrogen-bond donors (Lipinski definition) is 2. The Balaban J connectivity index is 1.76. The smallest absolute Gasteiger partial charge is 0.261 e. The maximum absolute atomic E-state index is 12.6. The quantitative estimate of drug-likeness (QED) is 0.559. The summed E-state index contributed by atoms with van der Waals surface area (Å²) in [5.74, 6) is -0.0353. The van der Waals surface area contributed by atoms with Crippen LogP contribution >= 0.6 is 11.6 Å². The molecule has 6 nitrogen and oxygen atoms in total. The van der Waals surface area contributed by atoms with Crippen LogP contribution < -0.4 is 14.8 Å². The maximum atomic E-state index is 12.6. The van der Waals surface area contributed by atoms with E-state index in [1.165, 1.54) is 37.4 Å². The molecule has 2 N–H and O–H groups in total. The molecule has 0 atom stereocenters. The Kier molecular flexibility index (Phi) is 6.34. The highest BCUT2D eigenvalue weighted by Crippen LogP contribution is 2.25. The van der Waals surface area contributed by atoms with E-state index in [0.717, 1.165) is 11.1 Å². The molecule has 0 unspecified atom stereocenters. The van der Waals surface area contributed by atoms with E-state index in [9.17, 15) is 13.2 Å². The van der Waals surface area contributed by atoms with Crippen LogP contribution in [0.2, 0.25) is 5.02 Å². The zero-order valence-corrected chi connectivity index (χ0v) is 18.3. The summed E-state index contributed by atoms with van der Waals surface area (Å²) in [6.07, 6.45) is 0. The second-order valence-corrected chi connectivity index (χ2v) is 8.85. The van der Waals surface area contributed by atoms with Crippen LogP contribution in [0.3, 0.4) is 0 Å². The first-order chi connectivity index (χ1) is 14.2. The first-order valence-electron chi connectivity index (χ1n) is 9.04. The topological polar surface area (TPSA) is 84.5 Å². The zero-order valence-electron chi connectivity index (χ0n) is 16.7. The van der Waals surface area contributed by atoms with Gasteiger partial charge in [-0.15, -0.1) is 0 Å². The number of hydrogen-bond acceptors (Lipinski definition) is 4. The fraction of sp³-hybridized carbons (Fsp3) is 0.136. The molecule has 8 heteroatoms. The van der Waals surface area contributed by atoms with Crippen LogP contribution in [-0.4, -0.2) is 21.4 Å². The van der Waals surface area contributed by atoms with Gasteiger partial charge in [0.15, 0.2) is 0 Å². The van der Waals surface area contributed by atoms with Gasteiger partial charge in [-0.2, -0.15) is 0 Å². The molecule has 0 saturated heterocycles. The summed E-state index contributed by atoms with van der Waals surface area (Å²) in [5, 5.41) is 3.11. The third-order valence-corrected chi connectivity index (χ3v) is 6.22. The molecular formula is C22H21ClN2O4S. The molecule has 0 heterocycles. The molecule has 0 aliphatic carbocycles. The molecule has 0 radical (unpaired) electrons. The van der Waals surface area contributed by atoms with Gasteiger partial charge >= 0.3 is 0 Å². The number of halogens is 1. The van der Waals surface area contributed by atoms with E-state index in [1.54, 1.807) is 24.3 Å². The first-order valence-corrected chi connectivity index (χ1v) is 10.9. The zero-order chi connectivity index (χ0) is 21.9. The number of rotatable bonds is 6. The fourth-order valence-electron chi connectivity index (χ4n) is 2.79. The lowest BCUT2D eigenvalue weighted by molar-refractivity contribution is 0.102. The number of sulfonamides is 1. The Labute approximate surface area is 180 Å². The van der Waals surface area contributed by atoms with Gasteiger partial charge in [0.2, 0.25) is 0 Å². The highest BCUT2D eigenvalue weighted by atomic mass is 35.5. The largest absolute Gasteiger partial charge is 0.496 e. The summed E-state index contributed by atoms with van der Waals surface area (Å²) >= 11 is 5.97. The number of aryl methyl sites for hydroxylation is 2. The van der Waals surface area contributed by atoms with Crippen molar-refractivity contribution >= 4 is 38.9 Å². The molecule has 3 aromatic carbocycles. The number of anilines is 2. The molecule has 3 rings (SSSR count). The molecule has 156 valence electrons. The third-order valence-electron chi connectivity index (χ3n) is 4.59. The van der Waals surface area contributed by atoms with E-state index >= 15 is 0 Å². The molecule has 30 heavy (non-hydrogen) atoms. The van der Waals surface area contributed by atoms with Gasteiger partial charge < -0.3 is 10.1 Å². The number of carbonyl (C=O) groups is 1. The van der Waals surface area contributed by atoms with Crippen molar-refractivity contribution in [2.24, 2.45) is 0 Å². The summed E-state index contributed by atoms with van der Waals surface area (Å²) in [6, 6.07) is 16.0. The van der Waals surface area contributed by atoms with Crippen molar-refractivity contribution < 1.29 is 17.9 Å². The van der Waals surface area contributed by atoms with Crippen LogP contribution in [0.25, 0.3) is 0 Å². The molecule has 0 aliphatic rings. The van der Waals surface area contributed by atoms with Crippen molar-refractivity contribution in [2.75, 3.05) is 17.1 Å². The molecule has 1 amide bonds. The van der Waals surface area contributed by atoms with Gasteiger partial charge in [-0.05, 0) is 79.6 Å². The van der Waals surface area contributed by atoms with Crippen LogP contribution in [0.5, 0.6) is 5.75 Å². The summed E-state index contributed by atoms with van der Waals surface area (Å²) in [5.41, 5.74) is 3.27. The minimum absolute atomic E-state index is 0.0825. The minimum Gasteiger partial charge on any atom is -0.496 e. The van der Waals surface area contributed by atoms with Crippen molar-refractivity contribution in [1.82, 2.24) is 0 Å². The van der Waals surface area contributed by atoms with Gasteiger partial charge in [0, 0.05) is 16.4 Å². The molecular weight excluding hydrogens is 424 g/mol. The van der Waals surface area contributed by atoms with Crippen LogP contribution in [0, 0.1) is 13.8 Å². The number of methoxy groups -OCH3 is 1. The molecule has 0 bridgehead atoms. The lowest BCUT2D eigenvalue weighted by atomic mass is 10.1. The standard InChI is InChI=1S/C22H21ClN2O4S/c1-14-4-6-18(12-15(14)2)25-30(27,28)19-9-7-17(8-10-19)24-22(26)20-13-16(23)5-11-21(20)29-3/h4-13,25H,1-3H3,(H,24,26). The number of benzene rings is 3. The third kappa shape index (κ3) is 4.93. The van der Waals surface area contributed by atoms with Crippen molar-refractivity contribution in [3.8, 4) is 5.75 Å². The number of carbonyl (C=O) groups excluding carboxylic acids is 1. The molecule has 0 aliphatic heterocycles. The minimum atomic E-state index is -3.76. The lowest BCUT2D eigenvalue weighted by Gasteiger charge is -2.12. The summed E-state index contributed by atoms with van der Waals surface area (Å²) in [7, 11) is -2.30. The van der Waals surface area contributed by atoms with Gasteiger partial charge in [0.1, 0.15) is 5.75 Å². The average molecular weight is 445 g/mol. The number of amides is 1. The predicted octanol–water partition coefficient (Wildman–Crippen LogP) is 5.02. The second kappa shape index (κ2) is 8.77. The first kappa shape index (κ1) is 21.7. The van der Waals surface area contributed by atoms with E-state index in [2.05, 4.69) is 10.0 Å². The van der Waals surface area contributed by atoms with Crippen molar-refractivity contribution in [1.29, 1.82) is 0 Å². The predicted molar refractivity (Wildman–Crippen MR) is 119 cm³/mol. The Morgan fingerprint density at radius 2 is 1.57 bits per heavy atom. The Bertz CT molecular complexity index is 1190. The van der Waals surface area contributed by atoms with Crippen LogP contribution in [0.1, 0.15) is 21.5 Å². The van der Waals surface area contributed by atoms with Crippen molar-refractivity contribution in [3.63, 3.8) is 0 Å². The van der Waals surface area contributed by atoms with Gasteiger partial charge in [0.25, 0.3) is 15.9 Å². The van der Waals surface area contributed by atoms with Crippen molar-refractivity contribution in [2.45, 2.75) is 18.7 Å². The summed E-state index contributed by atoms with van der Waals surface area (Å²) in [6.45, 7) is 3.87. The summed E-state index contributed by atoms with van der Waals surface area (Å²) < 4.78 is 33.0. The van der Waals surface area contributed by atoms with E-state index in [1.807, 2.05) is 19.9 Å². The van der Waals surface area contributed by atoms with E-state index < -0.39 is 15.9 Å². The van der Waals surface area contributed by atoms with Crippen LogP contribution in [0.4, 0.5) is 11.4 Å². The van der Waals surface area contributed by atoms with E-state index in [4.69, 9.17) is 16.3 Å². The number of nitrogens with one attached hydrogen (secondary N) is 2. The van der Waals surface area contributed by atoms with Crippen LogP contribution in [0.15, 0.2) is 65.6 Å². The number of ether oxygens (including phenoxy) is 1. The van der Waals surface area contributed by atoms with E-state index in [0.29, 0.717) is 22.1 Å².